The monoisotopic (exact) mass is 272 g/mol. The smallest absolute Gasteiger partial charge is 0.147 e. The van der Waals surface area contributed by atoms with Gasteiger partial charge in [0.25, 0.3) is 0 Å². The number of hydrogen-bond donors (Lipinski definition) is 3. The third-order valence-electron chi connectivity index (χ3n) is 2.89. The molecule has 0 aliphatic rings. The van der Waals surface area contributed by atoms with Crippen LogP contribution in [0.25, 0.3) is 0 Å². The van der Waals surface area contributed by atoms with Crippen LogP contribution < -0.4 is 10.6 Å². The van der Waals surface area contributed by atoms with Crippen molar-refractivity contribution in [3.63, 3.8) is 0 Å². The molecule has 0 saturated heterocycles. The van der Waals surface area contributed by atoms with Gasteiger partial charge in [-0.3, -0.25) is 4.98 Å². The molecule has 2 rings (SSSR count). The highest BCUT2D eigenvalue weighted by Crippen LogP contribution is 2.10. The maximum atomic E-state index is 9.50. The number of nitrogens with zero attached hydrogens (tertiary/aromatic N) is 2. The SMILES string of the molecule is CCNc1cncc(NC(CO)Cc2ccccc2)n1. The van der Waals surface area contributed by atoms with E-state index >= 15 is 0 Å². The normalized spacial score (nSPS) is 11.9. The summed E-state index contributed by atoms with van der Waals surface area (Å²) < 4.78 is 0. The summed E-state index contributed by atoms with van der Waals surface area (Å²) in [6.07, 6.45) is 4.08. The average Bonchev–Trinajstić information content (AvgIpc) is 2.48. The van der Waals surface area contributed by atoms with E-state index in [0.717, 1.165) is 18.8 Å². The topological polar surface area (TPSA) is 70.1 Å². The van der Waals surface area contributed by atoms with Crippen LogP contribution in [0.2, 0.25) is 0 Å². The zero-order valence-electron chi connectivity index (χ0n) is 11.6. The fraction of sp³-hybridized carbons (Fsp3) is 0.333. The van der Waals surface area contributed by atoms with E-state index in [-0.39, 0.29) is 12.6 Å². The fourth-order valence-corrected chi connectivity index (χ4v) is 1.97. The summed E-state index contributed by atoms with van der Waals surface area (Å²) in [7, 11) is 0. The number of aliphatic hydroxyl groups excluding tert-OH is 1. The molecule has 1 heterocycles. The second kappa shape index (κ2) is 7.45. The van der Waals surface area contributed by atoms with Gasteiger partial charge in [-0.25, -0.2) is 4.98 Å². The van der Waals surface area contributed by atoms with Gasteiger partial charge in [-0.05, 0) is 18.9 Å². The Bertz CT molecular complexity index is 518. The van der Waals surface area contributed by atoms with Crippen molar-refractivity contribution in [3.05, 3.63) is 48.3 Å². The first kappa shape index (κ1) is 14.3. The molecule has 0 aliphatic carbocycles. The minimum Gasteiger partial charge on any atom is -0.394 e. The van der Waals surface area contributed by atoms with Gasteiger partial charge in [0.1, 0.15) is 11.6 Å². The predicted molar refractivity (Wildman–Crippen MR) is 80.8 cm³/mol. The van der Waals surface area contributed by atoms with E-state index in [1.165, 1.54) is 5.56 Å². The van der Waals surface area contributed by atoms with Crippen molar-refractivity contribution in [1.82, 2.24) is 9.97 Å². The Morgan fingerprint density at radius 1 is 1.15 bits per heavy atom. The first-order chi connectivity index (χ1) is 9.81. The quantitative estimate of drug-likeness (QED) is 0.718. The number of aromatic nitrogens is 2. The summed E-state index contributed by atoms with van der Waals surface area (Å²) in [6.45, 7) is 2.85. The van der Waals surface area contributed by atoms with Crippen molar-refractivity contribution in [2.24, 2.45) is 0 Å². The van der Waals surface area contributed by atoms with Gasteiger partial charge in [-0.15, -0.1) is 0 Å². The lowest BCUT2D eigenvalue weighted by atomic mass is 10.1. The lowest BCUT2D eigenvalue weighted by Crippen LogP contribution is -2.27. The minimum atomic E-state index is -0.0800. The summed E-state index contributed by atoms with van der Waals surface area (Å²) in [5, 5.41) is 15.8. The van der Waals surface area contributed by atoms with Gasteiger partial charge in [0.15, 0.2) is 0 Å². The van der Waals surface area contributed by atoms with Crippen molar-refractivity contribution >= 4 is 11.6 Å². The van der Waals surface area contributed by atoms with Crippen molar-refractivity contribution in [1.29, 1.82) is 0 Å². The average molecular weight is 272 g/mol. The molecule has 0 radical (unpaired) electrons. The lowest BCUT2D eigenvalue weighted by Gasteiger charge is -2.17. The molecule has 1 unspecified atom stereocenters. The molecule has 0 aliphatic heterocycles. The van der Waals surface area contributed by atoms with Crippen LogP contribution in [0.15, 0.2) is 42.7 Å². The second-order valence-corrected chi connectivity index (χ2v) is 4.53. The van der Waals surface area contributed by atoms with Gasteiger partial charge in [0.05, 0.1) is 25.0 Å². The number of benzene rings is 1. The number of hydrogen-bond acceptors (Lipinski definition) is 5. The maximum Gasteiger partial charge on any atom is 0.147 e. The van der Waals surface area contributed by atoms with E-state index in [1.807, 2.05) is 37.3 Å². The lowest BCUT2D eigenvalue weighted by molar-refractivity contribution is 0.273. The molecular formula is C15H20N4O. The second-order valence-electron chi connectivity index (χ2n) is 4.53. The Hall–Kier alpha value is -2.14. The van der Waals surface area contributed by atoms with E-state index in [4.69, 9.17) is 0 Å². The zero-order chi connectivity index (χ0) is 14.2. The molecule has 1 aromatic carbocycles. The van der Waals surface area contributed by atoms with Gasteiger partial charge < -0.3 is 15.7 Å². The van der Waals surface area contributed by atoms with Crippen LogP contribution in [0, 0.1) is 0 Å². The molecule has 1 atom stereocenters. The fourth-order valence-electron chi connectivity index (χ4n) is 1.97. The van der Waals surface area contributed by atoms with Crippen molar-refractivity contribution < 1.29 is 5.11 Å². The molecule has 0 bridgehead atoms. The Kier molecular flexibility index (Phi) is 5.32. The molecule has 3 N–H and O–H groups in total. The number of anilines is 2. The van der Waals surface area contributed by atoms with Gasteiger partial charge in [-0.1, -0.05) is 30.3 Å². The third kappa shape index (κ3) is 4.20. The Morgan fingerprint density at radius 3 is 2.60 bits per heavy atom. The first-order valence-electron chi connectivity index (χ1n) is 6.79. The van der Waals surface area contributed by atoms with Crippen molar-refractivity contribution in [2.75, 3.05) is 23.8 Å². The molecule has 0 saturated carbocycles. The third-order valence-corrected chi connectivity index (χ3v) is 2.89. The van der Waals surface area contributed by atoms with Gasteiger partial charge in [0.2, 0.25) is 0 Å². The van der Waals surface area contributed by atoms with E-state index in [1.54, 1.807) is 12.4 Å². The summed E-state index contributed by atoms with van der Waals surface area (Å²) in [6, 6.07) is 9.99. The Labute approximate surface area is 119 Å². The number of aliphatic hydroxyl groups is 1. The molecule has 0 spiro atoms. The predicted octanol–water partition coefficient (Wildman–Crippen LogP) is 1.92. The van der Waals surface area contributed by atoms with Gasteiger partial charge >= 0.3 is 0 Å². The van der Waals surface area contributed by atoms with Gasteiger partial charge in [-0.2, -0.15) is 0 Å². The minimum absolute atomic E-state index is 0.0437. The largest absolute Gasteiger partial charge is 0.394 e. The molecule has 2 aromatic rings. The van der Waals surface area contributed by atoms with E-state index in [2.05, 4.69) is 20.6 Å². The number of nitrogens with one attached hydrogen (secondary N) is 2. The molecular weight excluding hydrogens is 252 g/mol. The summed E-state index contributed by atoms with van der Waals surface area (Å²) in [5.41, 5.74) is 1.18. The van der Waals surface area contributed by atoms with Crippen LogP contribution in [0.3, 0.4) is 0 Å². The summed E-state index contributed by atoms with van der Waals surface area (Å²) in [4.78, 5) is 8.52. The zero-order valence-corrected chi connectivity index (χ0v) is 11.6. The molecule has 0 fully saturated rings. The van der Waals surface area contributed by atoms with Crippen LogP contribution in [0.5, 0.6) is 0 Å². The van der Waals surface area contributed by atoms with E-state index < -0.39 is 0 Å². The Balaban J connectivity index is 2.00. The molecule has 0 amide bonds. The van der Waals surface area contributed by atoms with Crippen molar-refractivity contribution in [3.8, 4) is 0 Å². The van der Waals surface area contributed by atoms with Crippen molar-refractivity contribution in [2.45, 2.75) is 19.4 Å². The highest BCUT2D eigenvalue weighted by atomic mass is 16.3. The Morgan fingerprint density at radius 2 is 1.90 bits per heavy atom. The van der Waals surface area contributed by atoms with Crippen LogP contribution in [-0.4, -0.2) is 34.3 Å². The highest BCUT2D eigenvalue weighted by molar-refractivity contribution is 5.42. The van der Waals surface area contributed by atoms with Crippen LogP contribution in [0.4, 0.5) is 11.6 Å². The van der Waals surface area contributed by atoms with Gasteiger partial charge in [0, 0.05) is 6.54 Å². The van der Waals surface area contributed by atoms with E-state index in [0.29, 0.717) is 5.82 Å². The molecule has 5 heteroatoms. The maximum absolute atomic E-state index is 9.50. The van der Waals surface area contributed by atoms with Crippen LogP contribution in [0.1, 0.15) is 12.5 Å². The highest BCUT2D eigenvalue weighted by Gasteiger charge is 2.09. The molecule has 1 aromatic heterocycles. The molecule has 20 heavy (non-hydrogen) atoms. The standard InChI is InChI=1S/C15H20N4O/c1-2-17-14-9-16-10-15(19-14)18-13(11-20)8-12-6-4-3-5-7-12/h3-7,9-10,13,20H,2,8,11H2,1H3,(H2,17,18,19). The molecule has 5 nitrogen and oxygen atoms in total. The number of rotatable bonds is 7. The van der Waals surface area contributed by atoms with E-state index in [9.17, 15) is 5.11 Å². The summed E-state index contributed by atoms with van der Waals surface area (Å²) >= 11 is 0. The summed E-state index contributed by atoms with van der Waals surface area (Å²) in [5.74, 6) is 1.40. The molecule has 106 valence electrons. The van der Waals surface area contributed by atoms with Crippen LogP contribution in [-0.2, 0) is 6.42 Å². The first-order valence-corrected chi connectivity index (χ1v) is 6.79. The van der Waals surface area contributed by atoms with Crippen LogP contribution >= 0.6 is 0 Å².